The van der Waals surface area contributed by atoms with Crippen LogP contribution in [0.2, 0.25) is 0 Å². The highest BCUT2D eigenvalue weighted by molar-refractivity contribution is 7.89. The topological polar surface area (TPSA) is 111 Å². The summed E-state index contributed by atoms with van der Waals surface area (Å²) in [6, 6.07) is 3.75. The molecule has 1 atom stereocenters. The number of nitrogens with two attached hydrogens (primary N) is 1. The zero-order chi connectivity index (χ0) is 17.0. The van der Waals surface area contributed by atoms with Gasteiger partial charge < -0.3 is 20.5 Å². The van der Waals surface area contributed by atoms with Gasteiger partial charge in [0.2, 0.25) is 15.9 Å². The van der Waals surface area contributed by atoms with Crippen molar-refractivity contribution in [3.05, 3.63) is 18.2 Å². The summed E-state index contributed by atoms with van der Waals surface area (Å²) >= 11 is 0. The summed E-state index contributed by atoms with van der Waals surface area (Å²) in [5, 5.41) is 2.58. The lowest BCUT2D eigenvalue weighted by Gasteiger charge is -2.26. The molecule has 1 amide bonds. The number of nitrogens with zero attached hydrogens (tertiary/aromatic N) is 1. The van der Waals surface area contributed by atoms with Crippen molar-refractivity contribution >= 4 is 21.6 Å². The van der Waals surface area contributed by atoms with E-state index in [0.717, 1.165) is 0 Å². The highest BCUT2D eigenvalue weighted by Crippen LogP contribution is 2.30. The first-order chi connectivity index (χ1) is 10.9. The van der Waals surface area contributed by atoms with Gasteiger partial charge in [-0.15, -0.1) is 0 Å². The van der Waals surface area contributed by atoms with Crippen LogP contribution in [-0.2, 0) is 19.6 Å². The van der Waals surface area contributed by atoms with E-state index in [2.05, 4.69) is 5.32 Å². The van der Waals surface area contributed by atoms with Gasteiger partial charge in [-0.1, -0.05) is 0 Å². The molecule has 0 radical (unpaired) electrons. The molecular weight excluding hydrogens is 322 g/mol. The van der Waals surface area contributed by atoms with E-state index >= 15 is 0 Å². The number of methoxy groups -OCH3 is 1. The molecule has 128 valence electrons. The number of hydrogen-bond acceptors (Lipinski definition) is 6. The van der Waals surface area contributed by atoms with E-state index in [9.17, 15) is 13.2 Å². The molecule has 0 spiro atoms. The summed E-state index contributed by atoms with van der Waals surface area (Å²) < 4.78 is 37.3. The molecule has 23 heavy (non-hydrogen) atoms. The van der Waals surface area contributed by atoms with Crippen molar-refractivity contribution in [2.24, 2.45) is 5.73 Å². The molecule has 1 aromatic carbocycles. The molecule has 0 aromatic heterocycles. The number of nitrogens with one attached hydrogen (secondary N) is 1. The van der Waals surface area contributed by atoms with Crippen LogP contribution in [0, 0.1) is 0 Å². The zero-order valence-corrected chi connectivity index (χ0v) is 13.9. The monoisotopic (exact) mass is 343 g/mol. The lowest BCUT2D eigenvalue weighted by Crippen LogP contribution is -2.40. The van der Waals surface area contributed by atoms with Crippen molar-refractivity contribution in [3.8, 4) is 5.75 Å². The van der Waals surface area contributed by atoms with E-state index in [0.29, 0.717) is 18.9 Å². The minimum Gasteiger partial charge on any atom is -0.495 e. The molecule has 0 unspecified atom stereocenters. The van der Waals surface area contributed by atoms with Crippen LogP contribution in [0.25, 0.3) is 0 Å². The predicted octanol–water partition coefficient (Wildman–Crippen LogP) is 0.00180. The van der Waals surface area contributed by atoms with Gasteiger partial charge in [0.05, 0.1) is 26.4 Å². The van der Waals surface area contributed by atoms with Crippen molar-refractivity contribution in [2.45, 2.75) is 17.9 Å². The molecule has 0 bridgehead atoms. The third-order valence-corrected chi connectivity index (χ3v) is 5.35. The van der Waals surface area contributed by atoms with Gasteiger partial charge in [-0.3, -0.25) is 4.79 Å². The van der Waals surface area contributed by atoms with Crippen LogP contribution < -0.4 is 15.8 Å². The minimum atomic E-state index is -3.74. The van der Waals surface area contributed by atoms with Crippen LogP contribution in [-0.4, -0.2) is 58.1 Å². The van der Waals surface area contributed by atoms with Crippen LogP contribution >= 0.6 is 0 Å². The number of amides is 1. The average molecular weight is 343 g/mol. The lowest BCUT2D eigenvalue weighted by atomic mass is 10.2. The number of rotatable bonds is 5. The van der Waals surface area contributed by atoms with E-state index < -0.39 is 22.0 Å². The number of sulfonamides is 1. The van der Waals surface area contributed by atoms with Crippen LogP contribution in [0.4, 0.5) is 5.69 Å². The quantitative estimate of drug-likeness (QED) is 0.779. The fraction of sp³-hybridized carbons (Fsp3) is 0.500. The third kappa shape index (κ3) is 3.99. The van der Waals surface area contributed by atoms with Crippen molar-refractivity contribution < 1.29 is 22.7 Å². The Bertz CT molecular complexity index is 669. The number of morpholine rings is 1. The third-order valence-electron chi connectivity index (χ3n) is 3.43. The molecule has 3 N–H and O–H groups in total. The van der Waals surface area contributed by atoms with Crippen LogP contribution in [0.1, 0.15) is 6.92 Å². The Morgan fingerprint density at radius 3 is 2.61 bits per heavy atom. The Morgan fingerprint density at radius 2 is 2.04 bits per heavy atom. The van der Waals surface area contributed by atoms with E-state index in [-0.39, 0.29) is 23.7 Å². The second kappa shape index (κ2) is 7.26. The molecule has 0 saturated carbocycles. The van der Waals surface area contributed by atoms with Gasteiger partial charge in [-0.05, 0) is 25.1 Å². The van der Waals surface area contributed by atoms with E-state index in [1.807, 2.05) is 0 Å². The summed E-state index contributed by atoms with van der Waals surface area (Å²) in [4.78, 5) is 11.7. The highest BCUT2D eigenvalue weighted by atomic mass is 32.2. The molecular formula is C14H21N3O5S. The summed E-state index contributed by atoms with van der Waals surface area (Å²) in [6.07, 6.45) is 0. The molecule has 8 nitrogen and oxygen atoms in total. The standard InChI is InChI=1S/C14H21N3O5S/c1-10(15)14(18)16-11-3-4-12(21-2)13(9-11)23(19,20)17-5-7-22-8-6-17/h3-4,9-10H,5-8,15H2,1-2H3,(H,16,18)/t10-/m0/s1. The predicted molar refractivity (Wildman–Crippen MR) is 84.9 cm³/mol. The zero-order valence-electron chi connectivity index (χ0n) is 13.1. The Hall–Kier alpha value is -1.68. The molecule has 0 aliphatic carbocycles. The SMILES string of the molecule is COc1ccc(NC(=O)[C@H](C)N)cc1S(=O)(=O)N1CCOCC1. The first-order valence-corrected chi connectivity index (χ1v) is 8.62. The fourth-order valence-corrected chi connectivity index (χ4v) is 3.73. The Labute approximate surface area is 135 Å². The molecule has 2 rings (SSSR count). The molecule has 9 heteroatoms. The number of carbonyl (C=O) groups is 1. The van der Waals surface area contributed by atoms with E-state index in [4.69, 9.17) is 15.2 Å². The minimum absolute atomic E-state index is 0.00405. The summed E-state index contributed by atoms with van der Waals surface area (Å²) in [6.45, 7) is 2.80. The molecule has 1 fully saturated rings. The normalized spacial score (nSPS) is 17.5. The average Bonchev–Trinajstić information content (AvgIpc) is 2.55. The van der Waals surface area contributed by atoms with Gasteiger partial charge in [0.25, 0.3) is 0 Å². The fourth-order valence-electron chi connectivity index (χ4n) is 2.14. The number of anilines is 1. The van der Waals surface area contributed by atoms with E-state index in [1.54, 1.807) is 13.0 Å². The number of benzene rings is 1. The van der Waals surface area contributed by atoms with Crippen LogP contribution in [0.3, 0.4) is 0 Å². The summed E-state index contributed by atoms with van der Waals surface area (Å²) in [7, 11) is -2.34. The lowest BCUT2D eigenvalue weighted by molar-refractivity contribution is -0.117. The maximum atomic E-state index is 12.8. The van der Waals surface area contributed by atoms with Crippen molar-refractivity contribution in [2.75, 3.05) is 38.7 Å². The van der Waals surface area contributed by atoms with Gasteiger partial charge in [0.1, 0.15) is 10.6 Å². The Morgan fingerprint density at radius 1 is 1.39 bits per heavy atom. The number of carbonyl (C=O) groups excluding carboxylic acids is 1. The molecule has 1 aromatic rings. The largest absolute Gasteiger partial charge is 0.495 e. The number of hydrogen-bond donors (Lipinski definition) is 2. The maximum Gasteiger partial charge on any atom is 0.246 e. The van der Waals surface area contributed by atoms with Gasteiger partial charge in [0.15, 0.2) is 0 Å². The first kappa shape index (κ1) is 17.7. The van der Waals surface area contributed by atoms with Gasteiger partial charge >= 0.3 is 0 Å². The molecule has 1 aliphatic heterocycles. The van der Waals surface area contributed by atoms with Crippen LogP contribution in [0.5, 0.6) is 5.75 Å². The van der Waals surface area contributed by atoms with Gasteiger partial charge in [0, 0.05) is 18.8 Å². The van der Waals surface area contributed by atoms with Gasteiger partial charge in [-0.25, -0.2) is 8.42 Å². The Balaban J connectivity index is 2.36. The van der Waals surface area contributed by atoms with Crippen LogP contribution in [0.15, 0.2) is 23.1 Å². The molecule has 1 aliphatic rings. The van der Waals surface area contributed by atoms with Crippen molar-refractivity contribution in [1.82, 2.24) is 4.31 Å². The number of ether oxygens (including phenoxy) is 2. The van der Waals surface area contributed by atoms with Crippen molar-refractivity contribution in [1.29, 1.82) is 0 Å². The first-order valence-electron chi connectivity index (χ1n) is 7.18. The molecule has 1 saturated heterocycles. The van der Waals surface area contributed by atoms with Crippen molar-refractivity contribution in [3.63, 3.8) is 0 Å². The second-order valence-corrected chi connectivity index (χ2v) is 7.07. The summed E-state index contributed by atoms with van der Waals surface area (Å²) in [5.41, 5.74) is 5.85. The Kier molecular flexibility index (Phi) is 5.58. The van der Waals surface area contributed by atoms with Gasteiger partial charge in [-0.2, -0.15) is 4.31 Å². The van der Waals surface area contributed by atoms with E-state index in [1.165, 1.54) is 23.5 Å². The second-order valence-electron chi connectivity index (χ2n) is 5.16. The highest BCUT2D eigenvalue weighted by Gasteiger charge is 2.29. The maximum absolute atomic E-state index is 12.8. The smallest absolute Gasteiger partial charge is 0.246 e. The molecule has 1 heterocycles. The summed E-state index contributed by atoms with van der Waals surface area (Å²) in [5.74, 6) is -0.180.